The summed E-state index contributed by atoms with van der Waals surface area (Å²) in [5.74, 6) is 1.07. The van der Waals surface area contributed by atoms with Gasteiger partial charge in [0, 0.05) is 24.3 Å². The third-order valence-electron chi connectivity index (χ3n) is 3.55. The molecule has 0 amide bonds. The van der Waals surface area contributed by atoms with E-state index < -0.39 is 0 Å². The zero-order valence-electron chi connectivity index (χ0n) is 11.8. The molecule has 0 saturated carbocycles. The number of thioether (sulfide) groups is 1. The molecule has 0 bridgehead atoms. The first-order valence-corrected chi connectivity index (χ1v) is 7.50. The lowest BCUT2D eigenvalue weighted by Gasteiger charge is -2.40. The van der Waals surface area contributed by atoms with Crippen molar-refractivity contribution in [3.05, 3.63) is 17.8 Å². The molecule has 0 spiro atoms. The topological polar surface area (TPSA) is 29.0 Å². The van der Waals surface area contributed by atoms with E-state index in [-0.39, 0.29) is 5.41 Å². The van der Waals surface area contributed by atoms with Crippen molar-refractivity contribution in [2.45, 2.75) is 38.9 Å². The monoisotopic (exact) mass is 263 g/mol. The predicted molar refractivity (Wildman–Crippen MR) is 79.1 cm³/mol. The maximum Gasteiger partial charge on any atom is 0.189 e. The Bertz CT molecular complexity index is 463. The van der Waals surface area contributed by atoms with E-state index in [2.05, 4.69) is 54.7 Å². The summed E-state index contributed by atoms with van der Waals surface area (Å²) in [4.78, 5) is 11.4. The minimum absolute atomic E-state index is 0.229. The minimum atomic E-state index is 0.229. The molecule has 3 nitrogen and oxygen atoms in total. The second-order valence-electron chi connectivity index (χ2n) is 5.73. The first-order valence-electron chi connectivity index (χ1n) is 6.27. The fourth-order valence-electron chi connectivity index (χ4n) is 2.00. The van der Waals surface area contributed by atoms with E-state index in [0.29, 0.717) is 6.04 Å². The van der Waals surface area contributed by atoms with Crippen LogP contribution in [0.5, 0.6) is 0 Å². The molecule has 0 aliphatic carbocycles. The van der Waals surface area contributed by atoms with Gasteiger partial charge in [0.2, 0.25) is 0 Å². The second kappa shape index (κ2) is 4.92. The molecule has 0 N–H and O–H groups in total. The van der Waals surface area contributed by atoms with Gasteiger partial charge in [-0.05, 0) is 18.6 Å². The summed E-state index contributed by atoms with van der Waals surface area (Å²) >= 11 is 1.59. The van der Waals surface area contributed by atoms with Crippen LogP contribution in [0, 0.1) is 5.41 Å². The van der Waals surface area contributed by atoms with Crippen LogP contribution in [0.2, 0.25) is 0 Å². The molecule has 1 aliphatic heterocycles. The standard InChI is InChI=1S/C14H21N3S/c1-10(14(2,3)4)17-8-6-7-11-9-15-13(18-5)16-12(11)17/h6-7,9-10H,8H2,1-5H3/t10-/m0/s1. The number of rotatable bonds is 2. The summed E-state index contributed by atoms with van der Waals surface area (Å²) in [5.41, 5.74) is 1.35. The smallest absolute Gasteiger partial charge is 0.189 e. The number of aromatic nitrogens is 2. The minimum Gasteiger partial charge on any atom is -0.349 e. The fraction of sp³-hybridized carbons (Fsp3) is 0.571. The molecule has 0 fully saturated rings. The molecule has 98 valence electrons. The highest BCUT2D eigenvalue weighted by Crippen LogP contribution is 2.32. The first kappa shape index (κ1) is 13.4. The molecular formula is C14H21N3S. The summed E-state index contributed by atoms with van der Waals surface area (Å²) in [6.07, 6.45) is 8.24. The molecule has 1 aliphatic rings. The summed E-state index contributed by atoms with van der Waals surface area (Å²) in [7, 11) is 0. The van der Waals surface area contributed by atoms with Crippen molar-refractivity contribution in [2.75, 3.05) is 17.7 Å². The van der Waals surface area contributed by atoms with Crippen LogP contribution >= 0.6 is 11.8 Å². The summed E-state index contributed by atoms with van der Waals surface area (Å²) < 4.78 is 0. The lowest BCUT2D eigenvalue weighted by atomic mass is 9.86. The van der Waals surface area contributed by atoms with E-state index in [4.69, 9.17) is 0 Å². The summed E-state index contributed by atoms with van der Waals surface area (Å²) in [5, 5.41) is 0.843. The van der Waals surface area contributed by atoms with E-state index in [0.717, 1.165) is 23.1 Å². The quantitative estimate of drug-likeness (QED) is 0.603. The van der Waals surface area contributed by atoms with Crippen LogP contribution in [0.3, 0.4) is 0 Å². The van der Waals surface area contributed by atoms with Gasteiger partial charge in [-0.2, -0.15) is 0 Å². The van der Waals surface area contributed by atoms with Gasteiger partial charge in [-0.15, -0.1) is 0 Å². The van der Waals surface area contributed by atoms with Crippen LogP contribution in [-0.4, -0.2) is 28.8 Å². The molecular weight excluding hydrogens is 242 g/mol. The zero-order chi connectivity index (χ0) is 13.3. The highest BCUT2D eigenvalue weighted by molar-refractivity contribution is 7.98. The van der Waals surface area contributed by atoms with Gasteiger partial charge in [-0.3, -0.25) is 0 Å². The number of nitrogens with zero attached hydrogens (tertiary/aromatic N) is 3. The normalized spacial score (nSPS) is 16.6. The molecule has 2 heterocycles. The van der Waals surface area contributed by atoms with Crippen molar-refractivity contribution in [3.63, 3.8) is 0 Å². The number of anilines is 1. The maximum absolute atomic E-state index is 4.67. The second-order valence-corrected chi connectivity index (χ2v) is 6.51. The van der Waals surface area contributed by atoms with Gasteiger partial charge in [0.25, 0.3) is 0 Å². The molecule has 0 radical (unpaired) electrons. The highest BCUT2D eigenvalue weighted by atomic mass is 32.2. The molecule has 0 aromatic carbocycles. The Morgan fingerprint density at radius 2 is 2.11 bits per heavy atom. The first-order chi connectivity index (χ1) is 8.43. The molecule has 1 aromatic heterocycles. The molecule has 18 heavy (non-hydrogen) atoms. The van der Waals surface area contributed by atoms with Crippen molar-refractivity contribution in [1.29, 1.82) is 0 Å². The third kappa shape index (κ3) is 2.53. The van der Waals surface area contributed by atoms with Gasteiger partial charge in [-0.25, -0.2) is 9.97 Å². The summed E-state index contributed by atoms with van der Waals surface area (Å²) in [6, 6.07) is 0.436. The van der Waals surface area contributed by atoms with Crippen LogP contribution in [-0.2, 0) is 0 Å². The van der Waals surface area contributed by atoms with Crippen LogP contribution in [0.15, 0.2) is 17.4 Å². The Labute approximate surface area is 114 Å². The molecule has 1 atom stereocenters. The van der Waals surface area contributed by atoms with E-state index in [1.165, 1.54) is 0 Å². The van der Waals surface area contributed by atoms with Gasteiger partial charge in [0.1, 0.15) is 5.82 Å². The van der Waals surface area contributed by atoms with Crippen molar-refractivity contribution < 1.29 is 0 Å². The Kier molecular flexibility index (Phi) is 3.66. The molecule has 0 unspecified atom stereocenters. The third-order valence-corrected chi connectivity index (χ3v) is 4.11. The number of hydrogen-bond donors (Lipinski definition) is 0. The molecule has 1 aromatic rings. The molecule has 0 saturated heterocycles. The van der Waals surface area contributed by atoms with E-state index in [1.807, 2.05) is 12.5 Å². The van der Waals surface area contributed by atoms with Crippen LogP contribution < -0.4 is 4.90 Å². The van der Waals surface area contributed by atoms with Gasteiger partial charge in [0.05, 0.1) is 0 Å². The Balaban J connectivity index is 2.40. The largest absolute Gasteiger partial charge is 0.349 e. The Morgan fingerprint density at radius 3 is 2.72 bits per heavy atom. The zero-order valence-corrected chi connectivity index (χ0v) is 12.6. The predicted octanol–water partition coefficient (Wildman–Crippen LogP) is 3.47. The maximum atomic E-state index is 4.67. The Hall–Kier alpha value is -1.03. The van der Waals surface area contributed by atoms with Crippen molar-refractivity contribution in [3.8, 4) is 0 Å². The van der Waals surface area contributed by atoms with E-state index in [1.54, 1.807) is 11.8 Å². The summed E-state index contributed by atoms with van der Waals surface area (Å²) in [6.45, 7) is 10.0. The van der Waals surface area contributed by atoms with Crippen LogP contribution in [0.1, 0.15) is 33.3 Å². The average Bonchev–Trinajstić information content (AvgIpc) is 2.35. The lowest BCUT2D eigenvalue weighted by molar-refractivity contribution is 0.323. The Morgan fingerprint density at radius 1 is 1.39 bits per heavy atom. The average molecular weight is 263 g/mol. The van der Waals surface area contributed by atoms with Gasteiger partial charge < -0.3 is 4.90 Å². The number of hydrogen-bond acceptors (Lipinski definition) is 4. The fourth-order valence-corrected chi connectivity index (χ4v) is 2.34. The van der Waals surface area contributed by atoms with Crippen molar-refractivity contribution in [1.82, 2.24) is 9.97 Å². The lowest BCUT2D eigenvalue weighted by Crippen LogP contribution is -2.43. The van der Waals surface area contributed by atoms with Crippen molar-refractivity contribution >= 4 is 23.7 Å². The molecule has 4 heteroatoms. The number of fused-ring (bicyclic) bond motifs is 1. The van der Waals surface area contributed by atoms with Crippen LogP contribution in [0.25, 0.3) is 6.08 Å². The van der Waals surface area contributed by atoms with E-state index in [9.17, 15) is 0 Å². The van der Waals surface area contributed by atoms with E-state index >= 15 is 0 Å². The van der Waals surface area contributed by atoms with Gasteiger partial charge >= 0.3 is 0 Å². The highest BCUT2D eigenvalue weighted by Gasteiger charge is 2.29. The van der Waals surface area contributed by atoms with Gasteiger partial charge in [0.15, 0.2) is 5.16 Å². The SMILES string of the molecule is CSc1ncc2c(n1)N([C@@H](C)C(C)(C)C)CC=C2. The molecule has 2 rings (SSSR count). The van der Waals surface area contributed by atoms with Gasteiger partial charge in [-0.1, -0.05) is 44.7 Å². The van der Waals surface area contributed by atoms with Crippen molar-refractivity contribution in [2.24, 2.45) is 5.41 Å². The van der Waals surface area contributed by atoms with Crippen LogP contribution in [0.4, 0.5) is 5.82 Å².